The van der Waals surface area contributed by atoms with E-state index >= 15 is 0 Å². The number of pyridine rings is 1. The van der Waals surface area contributed by atoms with Crippen LogP contribution in [0.5, 0.6) is 0 Å². The maximum Gasteiger partial charge on any atom is 0.165 e. The Balaban J connectivity index is 2.05. The molecule has 9 nitrogen and oxygen atoms in total. The lowest BCUT2D eigenvalue weighted by Crippen LogP contribution is -2.57. The molecule has 4 N–H and O–H groups in total. The second-order valence-corrected chi connectivity index (χ2v) is 9.38. The van der Waals surface area contributed by atoms with Gasteiger partial charge in [-0.05, 0) is 24.0 Å². The number of aliphatic hydroxyl groups is 4. The van der Waals surface area contributed by atoms with Gasteiger partial charge < -0.3 is 34.1 Å². The van der Waals surface area contributed by atoms with Gasteiger partial charge in [-0.15, -0.1) is 0 Å². The van der Waals surface area contributed by atoms with Crippen molar-refractivity contribution in [1.82, 2.24) is 4.57 Å². The number of carbonyl (C=O) groups is 1. The second-order valence-electron chi connectivity index (χ2n) is 9.00. The number of ketones is 1. The fraction of sp³-hybridized carbons (Fsp3) is 0.500. The van der Waals surface area contributed by atoms with Crippen molar-refractivity contribution in [1.29, 1.82) is 5.26 Å². The van der Waals surface area contributed by atoms with Gasteiger partial charge in [0, 0.05) is 17.7 Å². The van der Waals surface area contributed by atoms with Crippen molar-refractivity contribution in [2.45, 2.75) is 57.3 Å². The van der Waals surface area contributed by atoms with Crippen molar-refractivity contribution in [2.24, 2.45) is 5.41 Å². The maximum atomic E-state index is 13.3. The fourth-order valence-electron chi connectivity index (χ4n) is 4.59. The quantitative estimate of drug-likeness (QED) is 0.500. The summed E-state index contributed by atoms with van der Waals surface area (Å²) in [6.45, 7) is 3.22. The summed E-state index contributed by atoms with van der Waals surface area (Å²) < 4.78 is 12.6. The van der Waals surface area contributed by atoms with E-state index in [9.17, 15) is 30.5 Å². The molecule has 32 heavy (non-hydrogen) atoms. The Labute approximate surface area is 189 Å². The van der Waals surface area contributed by atoms with Crippen molar-refractivity contribution < 1.29 is 34.4 Å². The van der Waals surface area contributed by atoms with Gasteiger partial charge in [0.15, 0.2) is 12.0 Å². The lowest BCUT2D eigenvalue weighted by Gasteiger charge is -2.43. The van der Waals surface area contributed by atoms with Crippen LogP contribution in [0, 0.1) is 21.4 Å². The highest BCUT2D eigenvalue weighted by atomic mass is 32.1. The molecule has 5 atom stereocenters. The number of ether oxygens (including phenoxy) is 1. The zero-order chi connectivity index (χ0) is 23.4. The number of Topliss-reactive ketones (excluding diaryl/α,β-unsaturated/α-hetero) is 1. The van der Waals surface area contributed by atoms with Crippen LogP contribution >= 0.6 is 12.2 Å². The Morgan fingerprint density at radius 2 is 1.94 bits per heavy atom. The van der Waals surface area contributed by atoms with E-state index in [1.807, 2.05) is 19.9 Å². The van der Waals surface area contributed by atoms with Crippen molar-refractivity contribution in [3.8, 4) is 17.4 Å². The molecule has 4 rings (SSSR count). The summed E-state index contributed by atoms with van der Waals surface area (Å²) in [5.74, 6) is 0.102. The molecule has 0 amide bonds. The van der Waals surface area contributed by atoms with Gasteiger partial charge in [-0.2, -0.15) is 5.26 Å². The third-order valence-corrected chi connectivity index (χ3v) is 6.48. The molecule has 3 heterocycles. The molecular formula is C22H24N2O7S. The van der Waals surface area contributed by atoms with E-state index in [4.69, 9.17) is 21.4 Å². The number of furan rings is 1. The van der Waals surface area contributed by atoms with E-state index in [0.29, 0.717) is 23.4 Å². The molecule has 0 bridgehead atoms. The Hall–Kier alpha value is -2.39. The number of nitriles is 1. The summed E-state index contributed by atoms with van der Waals surface area (Å²) in [6, 6.07) is 5.32. The Morgan fingerprint density at radius 1 is 1.22 bits per heavy atom. The highest BCUT2D eigenvalue weighted by Gasteiger charge is 2.47. The Kier molecular flexibility index (Phi) is 5.83. The van der Waals surface area contributed by atoms with E-state index in [2.05, 4.69) is 0 Å². The van der Waals surface area contributed by atoms with Crippen LogP contribution in [0.1, 0.15) is 48.1 Å². The molecule has 0 unspecified atom stereocenters. The van der Waals surface area contributed by atoms with Crippen LogP contribution in [0.4, 0.5) is 0 Å². The molecule has 1 fully saturated rings. The number of hydrogen-bond donors (Lipinski definition) is 4. The molecule has 1 aliphatic heterocycles. The van der Waals surface area contributed by atoms with Crippen LogP contribution in [-0.2, 0) is 11.2 Å². The molecular weight excluding hydrogens is 436 g/mol. The normalized spacial score (nSPS) is 29.4. The zero-order valence-electron chi connectivity index (χ0n) is 17.6. The van der Waals surface area contributed by atoms with E-state index in [1.54, 1.807) is 12.1 Å². The summed E-state index contributed by atoms with van der Waals surface area (Å²) in [5.41, 5.74) is 0.529. The summed E-state index contributed by atoms with van der Waals surface area (Å²) >= 11 is 5.62. The first-order valence-electron chi connectivity index (χ1n) is 10.2. The average molecular weight is 461 g/mol. The monoisotopic (exact) mass is 460 g/mol. The first-order valence-corrected chi connectivity index (χ1v) is 10.6. The predicted molar refractivity (Wildman–Crippen MR) is 113 cm³/mol. The lowest BCUT2D eigenvalue weighted by molar-refractivity contribution is -0.252. The fourth-order valence-corrected chi connectivity index (χ4v) is 4.95. The molecule has 0 aromatic carbocycles. The predicted octanol–water partition coefficient (Wildman–Crippen LogP) is 1.48. The number of aliphatic hydroxyl groups excluding tert-OH is 4. The highest BCUT2D eigenvalue weighted by molar-refractivity contribution is 7.71. The van der Waals surface area contributed by atoms with Crippen LogP contribution in [0.15, 0.2) is 22.8 Å². The minimum Gasteiger partial charge on any atom is -0.464 e. The first-order chi connectivity index (χ1) is 15.1. The minimum atomic E-state index is -1.63. The standard InChI is InChI=1S/C22H24N2O7S/c1-22(2)6-11-16(12(26)7-22)15(13-4-3-5-30-13)10(8-23)21(32)24(11)20-19(29)18(28)17(27)14(9-25)31-20/h3-5,14,17-20,25,27-29H,6-7,9H2,1-2H3/t14-,17-,18+,19-,20-/m1/s1. The van der Waals surface area contributed by atoms with Gasteiger partial charge >= 0.3 is 0 Å². The second kappa shape index (κ2) is 8.19. The molecule has 0 saturated carbocycles. The minimum absolute atomic E-state index is 0.00119. The lowest BCUT2D eigenvalue weighted by atomic mass is 9.73. The van der Waals surface area contributed by atoms with Gasteiger partial charge in [0.25, 0.3) is 0 Å². The molecule has 1 aliphatic carbocycles. The van der Waals surface area contributed by atoms with E-state index in [0.717, 1.165) is 0 Å². The number of carbonyl (C=O) groups excluding carboxylic acids is 1. The van der Waals surface area contributed by atoms with Gasteiger partial charge in [-0.25, -0.2) is 0 Å². The summed E-state index contributed by atoms with van der Waals surface area (Å²) in [5, 5.41) is 50.8. The molecule has 170 valence electrons. The van der Waals surface area contributed by atoms with Crippen molar-refractivity contribution in [3.05, 3.63) is 39.9 Å². The topological polar surface area (TPSA) is 149 Å². The Bertz CT molecular complexity index is 1150. The molecule has 2 aromatic heterocycles. The van der Waals surface area contributed by atoms with Crippen LogP contribution in [0.2, 0.25) is 0 Å². The van der Waals surface area contributed by atoms with E-state index in [-0.39, 0.29) is 28.0 Å². The van der Waals surface area contributed by atoms with E-state index < -0.39 is 42.7 Å². The largest absolute Gasteiger partial charge is 0.464 e. The summed E-state index contributed by atoms with van der Waals surface area (Å²) in [6.07, 6.45) is -5.27. The van der Waals surface area contributed by atoms with Gasteiger partial charge in [-0.3, -0.25) is 4.79 Å². The average Bonchev–Trinajstić information content (AvgIpc) is 3.26. The number of hydrogen-bond acceptors (Lipinski definition) is 9. The third kappa shape index (κ3) is 3.51. The Morgan fingerprint density at radius 3 is 2.53 bits per heavy atom. The summed E-state index contributed by atoms with van der Waals surface area (Å²) in [7, 11) is 0. The van der Waals surface area contributed by atoms with Gasteiger partial charge in [0.05, 0.1) is 24.0 Å². The molecule has 2 aromatic rings. The van der Waals surface area contributed by atoms with Crippen molar-refractivity contribution in [2.75, 3.05) is 6.61 Å². The summed E-state index contributed by atoms with van der Waals surface area (Å²) in [4.78, 5) is 13.3. The van der Waals surface area contributed by atoms with Gasteiger partial charge in [0.1, 0.15) is 40.9 Å². The molecule has 0 spiro atoms. The number of fused-ring (bicyclic) bond motifs is 1. The highest BCUT2D eigenvalue weighted by Crippen LogP contribution is 2.43. The van der Waals surface area contributed by atoms with Gasteiger partial charge in [-0.1, -0.05) is 26.1 Å². The van der Waals surface area contributed by atoms with Gasteiger partial charge in [0.2, 0.25) is 0 Å². The molecule has 1 saturated heterocycles. The molecule has 0 radical (unpaired) electrons. The third-order valence-electron chi connectivity index (χ3n) is 6.08. The van der Waals surface area contributed by atoms with Crippen LogP contribution in [-0.4, -0.2) is 61.8 Å². The SMILES string of the molecule is CC1(C)CC(=O)c2c(-c3ccco3)c(C#N)c(=S)n([C@@H]3O[C@H](CO)[C@@H](O)[C@H](O)[C@H]3O)c2C1. The first kappa shape index (κ1) is 22.8. The van der Waals surface area contributed by atoms with E-state index in [1.165, 1.54) is 10.8 Å². The van der Waals surface area contributed by atoms with Crippen LogP contribution in [0.3, 0.4) is 0 Å². The van der Waals surface area contributed by atoms with Crippen molar-refractivity contribution >= 4 is 18.0 Å². The molecule has 2 aliphatic rings. The molecule has 10 heteroatoms. The number of nitrogens with zero attached hydrogens (tertiary/aromatic N) is 2. The van der Waals surface area contributed by atoms with Crippen molar-refractivity contribution in [3.63, 3.8) is 0 Å². The smallest absolute Gasteiger partial charge is 0.165 e. The number of aromatic nitrogens is 1. The zero-order valence-corrected chi connectivity index (χ0v) is 18.4. The van der Waals surface area contributed by atoms with Crippen LogP contribution in [0.25, 0.3) is 11.3 Å². The van der Waals surface area contributed by atoms with Crippen LogP contribution < -0.4 is 0 Å². The number of rotatable bonds is 3. The maximum absolute atomic E-state index is 13.3.